The number of aliphatic hydroxyl groups excluding tert-OH is 10. The van der Waals surface area contributed by atoms with Crippen molar-refractivity contribution in [2.24, 2.45) is 45.8 Å². The summed E-state index contributed by atoms with van der Waals surface area (Å²) in [5, 5.41) is 105. The molecule has 4 saturated carbocycles. The molecular weight excluding hydrogens is 993 g/mol. The monoisotopic (exact) mass is 1070 g/mol. The highest BCUT2D eigenvalue weighted by Gasteiger charge is 2.69. The number of fused-ring (bicyclic) bond motifs is 3. The third-order valence-corrected chi connectivity index (χ3v) is 19.6. The molecule has 0 aromatic rings. The number of aliphatic hydroxyl groups is 10. The van der Waals surface area contributed by atoms with E-state index in [-0.39, 0.29) is 59.3 Å². The van der Waals surface area contributed by atoms with Gasteiger partial charge in [-0.25, -0.2) is 0 Å². The molecule has 5 aliphatic heterocycles. The largest absolute Gasteiger partial charge is 0.465 e. The molecule has 4 aliphatic carbocycles. The molecule has 0 radical (unpaired) electrons. The van der Waals surface area contributed by atoms with E-state index >= 15 is 0 Å². The number of Topliss-reactive ketones (excluding diaryl/α,β-unsaturated/α-hetero) is 2. The van der Waals surface area contributed by atoms with Crippen LogP contribution < -0.4 is 0 Å². The summed E-state index contributed by atoms with van der Waals surface area (Å²) in [5.74, 6) is 0.892. The fourth-order valence-corrected chi connectivity index (χ4v) is 15.4. The summed E-state index contributed by atoms with van der Waals surface area (Å²) in [6.45, 7) is 6.36. The van der Waals surface area contributed by atoms with Crippen LogP contribution in [0.3, 0.4) is 0 Å². The lowest BCUT2D eigenvalue weighted by molar-refractivity contribution is -0.358. The van der Waals surface area contributed by atoms with Gasteiger partial charge in [-0.3, -0.25) is 9.59 Å². The maximum atomic E-state index is 14.9. The second kappa shape index (κ2) is 22.9. The van der Waals surface area contributed by atoms with Crippen LogP contribution in [0.25, 0.3) is 0 Å². The lowest BCUT2D eigenvalue weighted by Gasteiger charge is -2.67. The molecule has 9 aliphatic rings. The summed E-state index contributed by atoms with van der Waals surface area (Å²) in [6, 6.07) is 0. The third kappa shape index (κ3) is 10.8. The van der Waals surface area contributed by atoms with Gasteiger partial charge in [-0.2, -0.15) is 0 Å². The number of hydrogen-bond acceptors (Lipinski definition) is 23. The number of rotatable bonds is 16. The van der Waals surface area contributed by atoms with Crippen LogP contribution in [0.1, 0.15) is 105 Å². The SMILES string of the molecule is CO[C@@H]1C[C@@H](O[C@H]2CC[C@]3(C)[C@@H]4CC[C@@]5(C)C(=O)[C@]4(CC[C@@H]5CC4COC(=O)C4)CC[C@H]3[C@H]2CC(C)=O)O[C@H](C)[C@H]1O[C@@H]1O[C@H](CO[C@@H]2O[C@H](CO[C@@H]3O[C@H](CO)[C@@H](O)[C@H](O)[C@H]3O)[C@@H](O)[C@H](O)[C@H]2O)[C@@H](O)[C@H](O)[C@H]1O. The van der Waals surface area contributed by atoms with Crippen molar-refractivity contribution in [1.82, 2.24) is 0 Å². The van der Waals surface area contributed by atoms with Gasteiger partial charge in [-0.15, -0.1) is 0 Å². The quantitative estimate of drug-likeness (QED) is 0.0621. The maximum Gasteiger partial charge on any atom is 0.306 e. The molecule has 75 heavy (non-hydrogen) atoms. The van der Waals surface area contributed by atoms with Crippen LogP contribution in [-0.4, -0.2) is 225 Å². The van der Waals surface area contributed by atoms with E-state index in [9.17, 15) is 65.4 Å². The third-order valence-electron chi connectivity index (χ3n) is 19.6. The van der Waals surface area contributed by atoms with Gasteiger partial charge in [0.15, 0.2) is 25.2 Å². The molecule has 5 saturated heterocycles. The number of ketones is 2. The number of cyclic esters (lactones) is 1. The van der Waals surface area contributed by atoms with Crippen LogP contribution in [0, 0.1) is 45.8 Å². The van der Waals surface area contributed by atoms with Crippen LogP contribution in [0.5, 0.6) is 0 Å². The number of methoxy groups -OCH3 is 1. The Labute approximate surface area is 436 Å². The van der Waals surface area contributed by atoms with Crippen LogP contribution >= 0.6 is 0 Å². The van der Waals surface area contributed by atoms with Crippen LogP contribution in [-0.2, 0) is 61.8 Å². The zero-order valence-electron chi connectivity index (χ0n) is 43.5. The van der Waals surface area contributed by atoms with E-state index in [0.29, 0.717) is 31.7 Å². The van der Waals surface area contributed by atoms with E-state index < -0.39 is 147 Å². The van der Waals surface area contributed by atoms with E-state index in [1.165, 1.54) is 7.11 Å². The molecule has 28 atom stereocenters. The molecule has 10 N–H and O–H groups in total. The van der Waals surface area contributed by atoms with Gasteiger partial charge in [0.2, 0.25) is 0 Å². The van der Waals surface area contributed by atoms with Gasteiger partial charge in [0.1, 0.15) is 90.9 Å². The number of hydrogen-bond donors (Lipinski definition) is 10. The number of ether oxygens (including phenoxy) is 10. The predicted octanol–water partition coefficient (Wildman–Crippen LogP) is -1.50. The first-order valence-corrected chi connectivity index (χ1v) is 27.2. The first kappa shape index (κ1) is 57.7. The van der Waals surface area contributed by atoms with Gasteiger partial charge in [-0.1, -0.05) is 13.8 Å². The van der Waals surface area contributed by atoms with Crippen LogP contribution in [0.2, 0.25) is 0 Å². The molecule has 1 spiro atoms. The summed E-state index contributed by atoms with van der Waals surface area (Å²) in [7, 11) is 1.49. The molecule has 23 nitrogen and oxygen atoms in total. The minimum atomic E-state index is -1.86. The Balaban J connectivity index is 0.808. The van der Waals surface area contributed by atoms with Crippen molar-refractivity contribution in [1.29, 1.82) is 0 Å². The summed E-state index contributed by atoms with van der Waals surface area (Å²) in [5.41, 5.74) is -1.03. The molecule has 0 aromatic heterocycles. The molecule has 23 heteroatoms. The standard InChI is InChI=1S/C52H82O23/c1-22(54)14-26-27-7-13-52-12-6-25(15-24-16-34(55)67-19-24)50(3,49(52)65)11-9-33(52)51(27,4)10-8-28(26)71-35-17-29(66-5)45(23(2)70-35)75-48-44(64)41(61)38(58)32(74-48)21-69-47-43(63)40(60)37(57)31(73-47)20-68-46-42(62)39(59)36(56)30(18-53)72-46/h23-33,35-48,53,56-64H,6-21H2,1-5H3/t23-,24?,25-,26-,27+,28+,29-,30-,31-,32-,33+,35-,36-,37-,38-,39+,40+,41+,42-,43-,44-,45-,46-,47-,48+,50-,51+,52-/m1/s1. The lowest BCUT2D eigenvalue weighted by Crippen LogP contribution is -2.66. The molecule has 2 bridgehead atoms. The smallest absolute Gasteiger partial charge is 0.306 e. The first-order valence-electron chi connectivity index (χ1n) is 27.2. The summed E-state index contributed by atoms with van der Waals surface area (Å²) < 4.78 is 59.1. The highest BCUT2D eigenvalue weighted by atomic mass is 16.8. The molecule has 0 aromatic carbocycles. The van der Waals surface area contributed by atoms with Gasteiger partial charge in [-0.05, 0) is 101 Å². The van der Waals surface area contributed by atoms with Crippen molar-refractivity contribution in [2.45, 2.75) is 228 Å². The average molecular weight is 1080 g/mol. The Hall–Kier alpha value is -1.95. The Morgan fingerprint density at radius 1 is 0.680 bits per heavy atom. The molecule has 5 heterocycles. The van der Waals surface area contributed by atoms with Gasteiger partial charge in [0.25, 0.3) is 0 Å². The van der Waals surface area contributed by atoms with Crippen molar-refractivity contribution in [2.75, 3.05) is 33.5 Å². The zero-order chi connectivity index (χ0) is 54.1. The molecule has 1 unspecified atom stereocenters. The van der Waals surface area contributed by atoms with Crippen molar-refractivity contribution < 1.29 is 113 Å². The van der Waals surface area contributed by atoms with Gasteiger partial charge in [0, 0.05) is 36.7 Å². The topological polar surface area (TPSA) is 346 Å². The summed E-state index contributed by atoms with van der Waals surface area (Å²) in [4.78, 5) is 40.0. The maximum absolute atomic E-state index is 14.9. The molecular formula is C52H82O23. The zero-order valence-corrected chi connectivity index (χ0v) is 43.5. The Kier molecular flexibility index (Phi) is 17.6. The molecule has 0 amide bonds. The second-order valence-electron chi connectivity index (χ2n) is 23.9. The number of carbonyl (C=O) groups excluding carboxylic acids is 3. The predicted molar refractivity (Wildman–Crippen MR) is 252 cm³/mol. The van der Waals surface area contributed by atoms with Gasteiger partial charge < -0.3 is 103 Å². The van der Waals surface area contributed by atoms with Crippen LogP contribution in [0.15, 0.2) is 0 Å². The van der Waals surface area contributed by atoms with Crippen molar-refractivity contribution in [3.05, 3.63) is 0 Å². The molecule has 428 valence electrons. The molecule has 9 rings (SSSR count). The van der Waals surface area contributed by atoms with Crippen molar-refractivity contribution in [3.63, 3.8) is 0 Å². The minimum Gasteiger partial charge on any atom is -0.465 e. The van der Waals surface area contributed by atoms with E-state index in [2.05, 4.69) is 13.8 Å². The highest BCUT2D eigenvalue weighted by Crippen LogP contribution is 2.71. The highest BCUT2D eigenvalue weighted by molar-refractivity contribution is 5.92. The fourth-order valence-electron chi connectivity index (χ4n) is 15.4. The molecule has 9 fully saturated rings. The lowest BCUT2D eigenvalue weighted by atomic mass is 9.36. The summed E-state index contributed by atoms with van der Waals surface area (Å²) >= 11 is 0. The van der Waals surface area contributed by atoms with Crippen molar-refractivity contribution >= 4 is 17.5 Å². The Morgan fingerprint density at radius 3 is 1.85 bits per heavy atom. The summed E-state index contributed by atoms with van der Waals surface area (Å²) in [6.07, 6.45) is -20.1. The van der Waals surface area contributed by atoms with E-state index in [4.69, 9.17) is 47.4 Å². The Bertz CT molecular complexity index is 2000. The van der Waals surface area contributed by atoms with Crippen LogP contribution in [0.4, 0.5) is 0 Å². The van der Waals surface area contributed by atoms with Crippen molar-refractivity contribution in [3.8, 4) is 0 Å². The average Bonchev–Trinajstić information content (AvgIpc) is 3.80. The second-order valence-corrected chi connectivity index (χ2v) is 23.9. The van der Waals surface area contributed by atoms with Gasteiger partial charge in [0.05, 0.1) is 51.2 Å². The van der Waals surface area contributed by atoms with E-state index in [1.807, 2.05) is 0 Å². The normalized spacial score (nSPS) is 52.2. The van der Waals surface area contributed by atoms with E-state index in [1.54, 1.807) is 13.8 Å². The van der Waals surface area contributed by atoms with E-state index in [0.717, 1.165) is 51.4 Å². The number of carbonyl (C=O) groups is 3. The minimum absolute atomic E-state index is 0.0614. The Morgan fingerprint density at radius 2 is 1.27 bits per heavy atom. The fraction of sp³-hybridized carbons (Fsp3) is 0.942. The first-order chi connectivity index (χ1) is 35.5. The van der Waals surface area contributed by atoms with Gasteiger partial charge >= 0.3 is 5.97 Å². The number of esters is 1.